The van der Waals surface area contributed by atoms with E-state index in [4.69, 9.17) is 4.74 Å². The molecule has 84 valence electrons. The molecule has 0 saturated carbocycles. The van der Waals surface area contributed by atoms with Crippen LogP contribution in [0.3, 0.4) is 0 Å². The number of aromatic amines is 1. The molecule has 4 heteroatoms. The lowest BCUT2D eigenvalue weighted by Crippen LogP contribution is -2.37. The molecule has 0 amide bonds. The number of nitrogens with one attached hydrogen (secondary N) is 2. The van der Waals surface area contributed by atoms with Crippen LogP contribution in [0.25, 0.3) is 10.9 Å². The van der Waals surface area contributed by atoms with Crippen molar-refractivity contribution in [2.75, 3.05) is 13.1 Å². The third-order valence-electron chi connectivity index (χ3n) is 2.99. The molecule has 1 aliphatic rings. The maximum absolute atomic E-state index is 6.00. The lowest BCUT2D eigenvalue weighted by atomic mass is 10.1. The lowest BCUT2D eigenvalue weighted by molar-refractivity contribution is 0.169. The third-order valence-corrected chi connectivity index (χ3v) is 2.99. The largest absolute Gasteiger partial charge is 0.488 e. The number of fused-ring (bicyclic) bond motifs is 1. The maximum Gasteiger partial charge on any atom is 0.130 e. The summed E-state index contributed by atoms with van der Waals surface area (Å²) in [5.41, 5.74) is 1.03. The fourth-order valence-corrected chi connectivity index (χ4v) is 2.14. The Labute approximate surface area is 94.0 Å². The van der Waals surface area contributed by atoms with Crippen molar-refractivity contribution < 1.29 is 4.74 Å². The van der Waals surface area contributed by atoms with Gasteiger partial charge < -0.3 is 10.1 Å². The fourth-order valence-electron chi connectivity index (χ4n) is 2.14. The Kier molecular flexibility index (Phi) is 2.50. The molecule has 1 aliphatic heterocycles. The van der Waals surface area contributed by atoms with E-state index in [2.05, 4.69) is 15.5 Å². The molecule has 16 heavy (non-hydrogen) atoms. The van der Waals surface area contributed by atoms with Gasteiger partial charge in [-0.15, -0.1) is 0 Å². The highest BCUT2D eigenvalue weighted by Crippen LogP contribution is 2.25. The Bertz CT molecular complexity index is 474. The van der Waals surface area contributed by atoms with E-state index in [9.17, 15) is 0 Å². The third kappa shape index (κ3) is 1.76. The number of nitrogens with zero attached hydrogens (tertiary/aromatic N) is 1. The molecular weight excluding hydrogens is 202 g/mol. The predicted molar refractivity (Wildman–Crippen MR) is 62.6 cm³/mol. The van der Waals surface area contributed by atoms with Gasteiger partial charge in [-0.2, -0.15) is 5.10 Å². The van der Waals surface area contributed by atoms with Gasteiger partial charge in [0.2, 0.25) is 0 Å². The molecule has 2 N–H and O–H groups in total. The Hall–Kier alpha value is -1.55. The minimum atomic E-state index is 0.286. The van der Waals surface area contributed by atoms with Gasteiger partial charge in [0.05, 0.1) is 17.1 Å². The van der Waals surface area contributed by atoms with E-state index in [1.807, 2.05) is 24.4 Å². The standard InChI is InChI=1S/C12H15N3O/c1-4-11-10(8-14-15-11)12(5-1)16-9-3-2-6-13-7-9/h1,4-5,8-9,13H,2-3,6-7H2,(H,14,15)/t9-/m0/s1. The van der Waals surface area contributed by atoms with Crippen LogP contribution in [0.5, 0.6) is 5.75 Å². The second-order valence-corrected chi connectivity index (χ2v) is 4.17. The molecule has 2 aromatic rings. The zero-order valence-corrected chi connectivity index (χ0v) is 9.07. The minimum absolute atomic E-state index is 0.286. The zero-order valence-electron chi connectivity index (χ0n) is 9.07. The second-order valence-electron chi connectivity index (χ2n) is 4.17. The molecule has 1 aromatic carbocycles. The van der Waals surface area contributed by atoms with E-state index in [0.717, 1.165) is 36.2 Å². The number of hydrogen-bond acceptors (Lipinski definition) is 3. The van der Waals surface area contributed by atoms with Gasteiger partial charge in [-0.1, -0.05) is 6.07 Å². The molecular formula is C12H15N3O. The molecule has 3 rings (SSSR count). The van der Waals surface area contributed by atoms with Crippen molar-refractivity contribution in [1.29, 1.82) is 0 Å². The van der Waals surface area contributed by atoms with Gasteiger partial charge in [0.25, 0.3) is 0 Å². The highest BCUT2D eigenvalue weighted by atomic mass is 16.5. The molecule has 1 atom stereocenters. The smallest absolute Gasteiger partial charge is 0.130 e. The summed E-state index contributed by atoms with van der Waals surface area (Å²) in [6.07, 6.45) is 4.42. The van der Waals surface area contributed by atoms with Crippen LogP contribution in [0.1, 0.15) is 12.8 Å². The first-order chi connectivity index (χ1) is 7.93. The van der Waals surface area contributed by atoms with Crippen LogP contribution in [0.2, 0.25) is 0 Å². The zero-order chi connectivity index (χ0) is 10.8. The molecule has 0 spiro atoms. The summed E-state index contributed by atoms with van der Waals surface area (Å²) in [4.78, 5) is 0. The second kappa shape index (κ2) is 4.14. The summed E-state index contributed by atoms with van der Waals surface area (Å²) in [6.45, 7) is 2.05. The minimum Gasteiger partial charge on any atom is -0.488 e. The van der Waals surface area contributed by atoms with Gasteiger partial charge in [0, 0.05) is 6.54 Å². The van der Waals surface area contributed by atoms with E-state index >= 15 is 0 Å². The normalized spacial score (nSPS) is 21.1. The van der Waals surface area contributed by atoms with Crippen molar-refractivity contribution in [2.24, 2.45) is 0 Å². The van der Waals surface area contributed by atoms with Gasteiger partial charge in [0.15, 0.2) is 0 Å². The molecule has 1 saturated heterocycles. The first-order valence-electron chi connectivity index (χ1n) is 5.73. The predicted octanol–water partition coefficient (Wildman–Crippen LogP) is 1.69. The summed E-state index contributed by atoms with van der Waals surface area (Å²) in [6, 6.07) is 6.01. The average molecular weight is 217 g/mol. The van der Waals surface area contributed by atoms with E-state index < -0.39 is 0 Å². The van der Waals surface area contributed by atoms with Gasteiger partial charge in [-0.3, -0.25) is 5.10 Å². The molecule has 2 heterocycles. The Morgan fingerprint density at radius 2 is 2.38 bits per heavy atom. The average Bonchev–Trinajstić information content (AvgIpc) is 2.80. The number of H-pyrrole nitrogens is 1. The van der Waals surface area contributed by atoms with Crippen LogP contribution in [0.15, 0.2) is 24.4 Å². The fraction of sp³-hybridized carbons (Fsp3) is 0.417. The summed E-state index contributed by atoms with van der Waals surface area (Å²) < 4.78 is 6.00. The Morgan fingerprint density at radius 3 is 3.25 bits per heavy atom. The molecule has 1 fully saturated rings. The van der Waals surface area contributed by atoms with Crippen LogP contribution in [-0.2, 0) is 0 Å². The number of piperidine rings is 1. The molecule has 0 unspecified atom stereocenters. The number of aromatic nitrogens is 2. The SMILES string of the molecule is c1cc(O[C@H]2CCCNC2)c2cn[nH]c2c1. The Balaban J connectivity index is 1.85. The first kappa shape index (κ1) is 9.66. The van der Waals surface area contributed by atoms with Crippen LogP contribution in [-0.4, -0.2) is 29.4 Å². The van der Waals surface area contributed by atoms with E-state index in [-0.39, 0.29) is 6.10 Å². The van der Waals surface area contributed by atoms with Crippen molar-refractivity contribution >= 4 is 10.9 Å². The van der Waals surface area contributed by atoms with Gasteiger partial charge in [-0.05, 0) is 31.5 Å². The highest BCUT2D eigenvalue weighted by molar-refractivity contribution is 5.84. The maximum atomic E-state index is 6.00. The van der Waals surface area contributed by atoms with Crippen molar-refractivity contribution in [3.63, 3.8) is 0 Å². The molecule has 4 nitrogen and oxygen atoms in total. The van der Waals surface area contributed by atoms with Crippen LogP contribution in [0.4, 0.5) is 0 Å². The van der Waals surface area contributed by atoms with Crippen molar-refractivity contribution in [3.05, 3.63) is 24.4 Å². The number of hydrogen-bond donors (Lipinski definition) is 2. The molecule has 0 radical (unpaired) electrons. The summed E-state index contributed by atoms with van der Waals surface area (Å²) >= 11 is 0. The topological polar surface area (TPSA) is 49.9 Å². The van der Waals surface area contributed by atoms with Gasteiger partial charge in [0.1, 0.15) is 11.9 Å². The Morgan fingerprint density at radius 1 is 1.38 bits per heavy atom. The molecule has 0 aliphatic carbocycles. The monoisotopic (exact) mass is 217 g/mol. The van der Waals surface area contributed by atoms with Crippen LogP contribution >= 0.6 is 0 Å². The molecule has 1 aromatic heterocycles. The number of rotatable bonds is 2. The summed E-state index contributed by atoms with van der Waals surface area (Å²) in [5.74, 6) is 0.931. The first-order valence-corrected chi connectivity index (χ1v) is 5.73. The summed E-state index contributed by atoms with van der Waals surface area (Å²) in [7, 11) is 0. The quantitative estimate of drug-likeness (QED) is 0.805. The van der Waals surface area contributed by atoms with Gasteiger partial charge >= 0.3 is 0 Å². The van der Waals surface area contributed by atoms with Crippen molar-refractivity contribution in [2.45, 2.75) is 18.9 Å². The van der Waals surface area contributed by atoms with E-state index in [1.165, 1.54) is 6.42 Å². The van der Waals surface area contributed by atoms with Crippen LogP contribution < -0.4 is 10.1 Å². The highest BCUT2D eigenvalue weighted by Gasteiger charge is 2.15. The van der Waals surface area contributed by atoms with Gasteiger partial charge in [-0.25, -0.2) is 0 Å². The number of benzene rings is 1. The van der Waals surface area contributed by atoms with Crippen molar-refractivity contribution in [1.82, 2.24) is 15.5 Å². The van der Waals surface area contributed by atoms with E-state index in [1.54, 1.807) is 0 Å². The molecule has 0 bridgehead atoms. The number of ether oxygens (including phenoxy) is 1. The lowest BCUT2D eigenvalue weighted by Gasteiger charge is -2.24. The van der Waals surface area contributed by atoms with E-state index in [0.29, 0.717) is 0 Å². The summed E-state index contributed by atoms with van der Waals surface area (Å²) in [5, 5.41) is 11.4. The van der Waals surface area contributed by atoms with Crippen LogP contribution in [0, 0.1) is 0 Å². The van der Waals surface area contributed by atoms with Crippen molar-refractivity contribution in [3.8, 4) is 5.75 Å².